The van der Waals surface area contributed by atoms with E-state index < -0.39 is 0 Å². The van der Waals surface area contributed by atoms with Gasteiger partial charge in [-0.2, -0.15) is 0 Å². The van der Waals surface area contributed by atoms with Crippen molar-refractivity contribution in [3.63, 3.8) is 0 Å². The molecule has 16 heavy (non-hydrogen) atoms. The second-order valence-corrected chi connectivity index (χ2v) is 5.39. The van der Waals surface area contributed by atoms with E-state index in [0.717, 1.165) is 35.2 Å². The molecular formula is C11H16IN3O. The van der Waals surface area contributed by atoms with Crippen LogP contribution < -0.4 is 4.90 Å². The van der Waals surface area contributed by atoms with Crippen molar-refractivity contribution in [1.82, 2.24) is 9.97 Å². The van der Waals surface area contributed by atoms with Crippen LogP contribution in [-0.2, 0) is 4.74 Å². The van der Waals surface area contributed by atoms with Crippen molar-refractivity contribution in [1.29, 1.82) is 0 Å². The maximum absolute atomic E-state index is 5.57. The Kier molecular flexibility index (Phi) is 4.34. The number of halogens is 1. The molecule has 1 saturated carbocycles. The number of rotatable bonds is 6. The minimum Gasteiger partial charge on any atom is -0.379 e. The summed E-state index contributed by atoms with van der Waals surface area (Å²) >= 11 is 2.20. The van der Waals surface area contributed by atoms with E-state index in [1.54, 1.807) is 0 Å². The number of likely N-dealkylation sites (N-methyl/N-ethyl adjacent to an activating group) is 1. The summed E-state index contributed by atoms with van der Waals surface area (Å²) in [5, 5.41) is 0. The van der Waals surface area contributed by atoms with Crippen molar-refractivity contribution < 1.29 is 4.74 Å². The maximum atomic E-state index is 5.57. The van der Waals surface area contributed by atoms with Crippen molar-refractivity contribution in [3.05, 3.63) is 16.0 Å². The molecule has 1 heterocycles. The van der Waals surface area contributed by atoms with E-state index in [9.17, 15) is 0 Å². The molecule has 0 radical (unpaired) electrons. The fourth-order valence-electron chi connectivity index (χ4n) is 1.34. The van der Waals surface area contributed by atoms with E-state index in [2.05, 4.69) is 32.6 Å². The van der Waals surface area contributed by atoms with E-state index in [1.165, 1.54) is 12.8 Å². The molecule has 0 N–H and O–H groups in total. The fraction of sp³-hybridized carbons (Fsp3) is 0.636. The van der Waals surface area contributed by atoms with Gasteiger partial charge in [-0.3, -0.25) is 0 Å². The van der Waals surface area contributed by atoms with E-state index >= 15 is 0 Å². The van der Waals surface area contributed by atoms with Crippen LogP contribution in [0, 0.1) is 9.49 Å². The Morgan fingerprint density at radius 3 is 2.75 bits per heavy atom. The van der Waals surface area contributed by atoms with Crippen LogP contribution in [0.3, 0.4) is 0 Å². The maximum Gasteiger partial charge on any atom is 0.225 e. The predicted molar refractivity (Wildman–Crippen MR) is 71.6 cm³/mol. The number of nitrogens with zero attached hydrogens (tertiary/aromatic N) is 3. The summed E-state index contributed by atoms with van der Waals surface area (Å²) in [6.45, 7) is 2.51. The molecule has 0 amide bonds. The molecular weight excluding hydrogens is 317 g/mol. The molecule has 1 aliphatic rings. The molecule has 4 nitrogen and oxygen atoms in total. The second kappa shape index (κ2) is 5.77. The lowest BCUT2D eigenvalue weighted by atomic mass is 10.5. The van der Waals surface area contributed by atoms with Crippen LogP contribution in [0.2, 0.25) is 0 Å². The van der Waals surface area contributed by atoms with Gasteiger partial charge < -0.3 is 9.64 Å². The predicted octanol–water partition coefficient (Wildman–Crippen LogP) is 1.94. The van der Waals surface area contributed by atoms with Crippen molar-refractivity contribution in [2.75, 3.05) is 31.7 Å². The lowest BCUT2D eigenvalue weighted by Gasteiger charge is -2.16. The zero-order valence-electron chi connectivity index (χ0n) is 9.40. The molecule has 5 heteroatoms. The summed E-state index contributed by atoms with van der Waals surface area (Å²) in [5.74, 6) is 1.59. The minimum absolute atomic E-state index is 0.752. The quantitative estimate of drug-likeness (QED) is 0.589. The second-order valence-electron chi connectivity index (χ2n) is 4.14. The molecule has 2 rings (SSSR count). The molecule has 0 aliphatic heterocycles. The number of anilines is 1. The average molecular weight is 333 g/mol. The third kappa shape index (κ3) is 3.86. The van der Waals surface area contributed by atoms with Gasteiger partial charge in [-0.1, -0.05) is 0 Å². The standard InChI is InChI=1S/C11H16IN3O/c1-15(4-5-16-8-9-2-3-9)11-13-6-10(12)7-14-11/h6-7,9H,2-5,8H2,1H3. The van der Waals surface area contributed by atoms with E-state index in [1.807, 2.05) is 24.3 Å². The Balaban J connectivity index is 1.69. The molecule has 1 aliphatic carbocycles. The Hall–Kier alpha value is -0.430. The number of hydrogen-bond donors (Lipinski definition) is 0. The molecule has 0 spiro atoms. The fourth-order valence-corrected chi connectivity index (χ4v) is 1.62. The van der Waals surface area contributed by atoms with Crippen LogP contribution in [0.4, 0.5) is 5.95 Å². The lowest BCUT2D eigenvalue weighted by Crippen LogP contribution is -2.24. The smallest absolute Gasteiger partial charge is 0.225 e. The van der Waals surface area contributed by atoms with Gasteiger partial charge in [0.1, 0.15) is 0 Å². The Bertz CT molecular complexity index is 327. The monoisotopic (exact) mass is 333 g/mol. The van der Waals surface area contributed by atoms with E-state index in [-0.39, 0.29) is 0 Å². The van der Waals surface area contributed by atoms with Crippen LogP contribution in [0.5, 0.6) is 0 Å². The van der Waals surface area contributed by atoms with Gasteiger partial charge in [0.05, 0.1) is 6.61 Å². The molecule has 1 fully saturated rings. The summed E-state index contributed by atoms with van der Waals surface area (Å²) in [6, 6.07) is 0. The Morgan fingerprint density at radius 2 is 2.12 bits per heavy atom. The van der Waals surface area contributed by atoms with Gasteiger partial charge in [0.25, 0.3) is 0 Å². The van der Waals surface area contributed by atoms with Gasteiger partial charge in [0.2, 0.25) is 5.95 Å². The van der Waals surface area contributed by atoms with Crippen LogP contribution in [-0.4, -0.2) is 36.8 Å². The highest BCUT2D eigenvalue weighted by molar-refractivity contribution is 14.1. The molecule has 0 bridgehead atoms. The van der Waals surface area contributed by atoms with Gasteiger partial charge in [-0.15, -0.1) is 0 Å². The first-order valence-corrected chi connectivity index (χ1v) is 6.60. The molecule has 1 aromatic heterocycles. The zero-order valence-corrected chi connectivity index (χ0v) is 11.6. The first kappa shape index (κ1) is 12.0. The molecule has 88 valence electrons. The summed E-state index contributed by atoms with van der Waals surface area (Å²) in [6.07, 6.45) is 6.33. The van der Waals surface area contributed by atoms with Crippen molar-refractivity contribution >= 4 is 28.5 Å². The van der Waals surface area contributed by atoms with Crippen molar-refractivity contribution in [2.45, 2.75) is 12.8 Å². The van der Waals surface area contributed by atoms with E-state index in [4.69, 9.17) is 4.74 Å². The van der Waals surface area contributed by atoms with Crippen LogP contribution in [0.15, 0.2) is 12.4 Å². The molecule has 1 aromatic rings. The van der Waals surface area contributed by atoms with Gasteiger partial charge in [-0.25, -0.2) is 9.97 Å². The number of aromatic nitrogens is 2. The van der Waals surface area contributed by atoms with Crippen LogP contribution in [0.1, 0.15) is 12.8 Å². The summed E-state index contributed by atoms with van der Waals surface area (Å²) in [7, 11) is 1.99. The summed E-state index contributed by atoms with van der Waals surface area (Å²) in [5.41, 5.74) is 0. The third-order valence-corrected chi connectivity index (χ3v) is 3.13. The van der Waals surface area contributed by atoms with Crippen molar-refractivity contribution in [2.24, 2.45) is 5.92 Å². The first-order valence-electron chi connectivity index (χ1n) is 5.52. The highest BCUT2D eigenvalue weighted by Gasteiger charge is 2.20. The van der Waals surface area contributed by atoms with Gasteiger partial charge in [-0.05, 0) is 41.4 Å². The normalized spacial score (nSPS) is 15.1. The first-order chi connectivity index (χ1) is 7.75. The SMILES string of the molecule is CN(CCOCC1CC1)c1ncc(I)cn1. The van der Waals surface area contributed by atoms with E-state index in [0.29, 0.717) is 0 Å². The highest BCUT2D eigenvalue weighted by atomic mass is 127. The molecule has 0 aromatic carbocycles. The largest absolute Gasteiger partial charge is 0.379 e. The third-order valence-electron chi connectivity index (χ3n) is 2.57. The zero-order chi connectivity index (χ0) is 11.4. The van der Waals surface area contributed by atoms with Crippen LogP contribution >= 0.6 is 22.6 Å². The Morgan fingerprint density at radius 1 is 1.44 bits per heavy atom. The molecule has 0 saturated heterocycles. The molecule has 0 unspecified atom stereocenters. The summed E-state index contributed by atoms with van der Waals surface area (Å²) < 4.78 is 6.63. The number of hydrogen-bond acceptors (Lipinski definition) is 4. The number of ether oxygens (including phenoxy) is 1. The highest BCUT2D eigenvalue weighted by Crippen LogP contribution is 2.28. The van der Waals surface area contributed by atoms with Gasteiger partial charge >= 0.3 is 0 Å². The van der Waals surface area contributed by atoms with Gasteiger partial charge in [0.15, 0.2) is 0 Å². The average Bonchev–Trinajstić information content (AvgIpc) is 3.09. The van der Waals surface area contributed by atoms with Gasteiger partial charge in [0, 0.05) is 36.2 Å². The Labute approximate surface area is 110 Å². The van der Waals surface area contributed by atoms with Crippen LogP contribution in [0.25, 0.3) is 0 Å². The lowest BCUT2D eigenvalue weighted by molar-refractivity contribution is 0.130. The summed E-state index contributed by atoms with van der Waals surface area (Å²) in [4.78, 5) is 10.5. The topological polar surface area (TPSA) is 38.2 Å². The molecule has 0 atom stereocenters. The van der Waals surface area contributed by atoms with Crippen molar-refractivity contribution in [3.8, 4) is 0 Å². The minimum atomic E-state index is 0.752.